The van der Waals surface area contributed by atoms with Crippen LogP contribution < -0.4 is 5.73 Å². The molecule has 0 amide bonds. The summed E-state index contributed by atoms with van der Waals surface area (Å²) in [4.78, 5) is 0. The minimum atomic E-state index is -4.47. The van der Waals surface area contributed by atoms with E-state index in [0.29, 0.717) is 5.56 Å². The van der Waals surface area contributed by atoms with Crippen molar-refractivity contribution in [3.63, 3.8) is 0 Å². The van der Waals surface area contributed by atoms with Gasteiger partial charge in [-0.15, -0.1) is 0 Å². The van der Waals surface area contributed by atoms with Crippen LogP contribution in [0.25, 0.3) is 5.82 Å². The van der Waals surface area contributed by atoms with Crippen molar-refractivity contribution in [3.05, 3.63) is 28.2 Å². The molecule has 0 aliphatic heterocycles. The van der Waals surface area contributed by atoms with Crippen LogP contribution in [-0.2, 0) is 13.2 Å². The molecule has 10 heteroatoms. The minimum Gasteiger partial charge on any atom is -0.316 e. The number of thiol groups is 1. The summed E-state index contributed by atoms with van der Waals surface area (Å²) in [6.45, 7) is 0. The zero-order chi connectivity index (χ0) is 14.4. The van der Waals surface area contributed by atoms with E-state index in [0.717, 1.165) is 10.7 Å². The van der Waals surface area contributed by atoms with Gasteiger partial charge >= 0.3 is 6.18 Å². The topological polar surface area (TPSA) is 64.6 Å². The van der Waals surface area contributed by atoms with Crippen molar-refractivity contribution >= 4 is 24.8 Å². The van der Waals surface area contributed by atoms with Crippen LogP contribution in [0.15, 0.2) is 12.3 Å². The van der Waals surface area contributed by atoms with E-state index in [2.05, 4.69) is 22.8 Å². The summed E-state index contributed by atoms with van der Waals surface area (Å²) < 4.78 is 40.3. The summed E-state index contributed by atoms with van der Waals surface area (Å²) in [5.74, 6) is 0.0417. The molecule has 2 heterocycles. The third-order valence-electron chi connectivity index (χ3n) is 2.50. The summed E-state index contributed by atoms with van der Waals surface area (Å²) in [5, 5.41) is 5.87. The van der Waals surface area contributed by atoms with Crippen molar-refractivity contribution in [3.8, 4) is 5.82 Å². The predicted molar refractivity (Wildman–Crippen MR) is 68.6 cm³/mol. The highest BCUT2D eigenvalue weighted by atomic mass is 32.1. The summed E-state index contributed by atoms with van der Waals surface area (Å²) in [7, 11) is 1.21. The molecule has 0 spiro atoms. The van der Waals surface area contributed by atoms with Crippen LogP contribution in [0.5, 0.6) is 0 Å². The van der Waals surface area contributed by atoms with Crippen LogP contribution in [0.1, 0.15) is 16.6 Å². The Kier molecular flexibility index (Phi) is 3.49. The van der Waals surface area contributed by atoms with Crippen molar-refractivity contribution in [2.75, 3.05) is 0 Å². The number of aryl methyl sites for hydroxylation is 1. The number of halogens is 3. The van der Waals surface area contributed by atoms with Gasteiger partial charge in [-0.05, 0) is 0 Å². The molecule has 0 fully saturated rings. The summed E-state index contributed by atoms with van der Waals surface area (Å²) in [6, 6.07) is 0.903. The number of hydrogen-bond acceptors (Lipinski definition) is 4. The highest BCUT2D eigenvalue weighted by Crippen LogP contribution is 2.30. The second kappa shape index (κ2) is 4.69. The zero-order valence-corrected chi connectivity index (χ0v) is 11.4. The second-order valence-electron chi connectivity index (χ2n) is 3.82. The van der Waals surface area contributed by atoms with Crippen molar-refractivity contribution in [1.82, 2.24) is 19.6 Å². The van der Waals surface area contributed by atoms with E-state index in [-0.39, 0.29) is 10.5 Å². The first-order chi connectivity index (χ1) is 8.71. The molecule has 2 rings (SSSR count). The van der Waals surface area contributed by atoms with Crippen LogP contribution in [-0.4, -0.2) is 19.6 Å². The molecule has 19 heavy (non-hydrogen) atoms. The Labute approximate surface area is 116 Å². The molecule has 104 valence electrons. The minimum absolute atomic E-state index is 0.0417. The lowest BCUT2D eigenvalue weighted by atomic mass is 10.3. The number of H-pyrrole nitrogens is 1. The van der Waals surface area contributed by atoms with Crippen LogP contribution in [0, 0.1) is 4.64 Å². The average molecular weight is 309 g/mol. The first-order valence-corrected chi connectivity index (χ1v) is 6.00. The first-order valence-electron chi connectivity index (χ1n) is 5.07. The Morgan fingerprint density at radius 3 is 2.58 bits per heavy atom. The molecule has 5 nitrogen and oxygen atoms in total. The van der Waals surface area contributed by atoms with Crippen LogP contribution in [0.3, 0.4) is 0 Å². The molecule has 0 saturated heterocycles. The SMILES string of the molecule is Cn1nc(-n2[nH]cc(C(N)S)c2=S)cc1C(F)(F)F. The molecular formula is C9H10F3N5S2. The number of nitrogens with zero attached hydrogens (tertiary/aromatic N) is 3. The molecule has 2 aromatic rings. The van der Waals surface area contributed by atoms with Gasteiger partial charge in [0.2, 0.25) is 0 Å². The number of nitrogens with one attached hydrogen (secondary N) is 1. The average Bonchev–Trinajstić information content (AvgIpc) is 2.80. The fraction of sp³-hybridized carbons (Fsp3) is 0.333. The number of alkyl halides is 3. The third kappa shape index (κ3) is 2.55. The number of hydrogen-bond donors (Lipinski definition) is 3. The van der Waals surface area contributed by atoms with E-state index < -0.39 is 17.2 Å². The van der Waals surface area contributed by atoms with Gasteiger partial charge in [0.1, 0.15) is 10.3 Å². The second-order valence-corrected chi connectivity index (χ2v) is 4.77. The number of nitrogens with two attached hydrogens (primary N) is 1. The highest BCUT2D eigenvalue weighted by Gasteiger charge is 2.35. The van der Waals surface area contributed by atoms with E-state index in [4.69, 9.17) is 18.0 Å². The van der Waals surface area contributed by atoms with Gasteiger partial charge < -0.3 is 5.73 Å². The van der Waals surface area contributed by atoms with E-state index in [1.165, 1.54) is 17.9 Å². The van der Waals surface area contributed by atoms with Gasteiger partial charge in [0.05, 0.1) is 5.37 Å². The van der Waals surface area contributed by atoms with Crippen molar-refractivity contribution < 1.29 is 13.2 Å². The zero-order valence-electron chi connectivity index (χ0n) is 9.64. The van der Waals surface area contributed by atoms with Crippen molar-refractivity contribution in [1.29, 1.82) is 0 Å². The smallest absolute Gasteiger partial charge is 0.316 e. The Morgan fingerprint density at radius 2 is 2.16 bits per heavy atom. The maximum Gasteiger partial charge on any atom is 0.433 e. The molecule has 0 bridgehead atoms. The monoisotopic (exact) mass is 309 g/mol. The van der Waals surface area contributed by atoms with Gasteiger partial charge in [0, 0.05) is 24.9 Å². The van der Waals surface area contributed by atoms with Gasteiger partial charge in [0.15, 0.2) is 5.82 Å². The first kappa shape index (κ1) is 14.2. The lowest BCUT2D eigenvalue weighted by molar-refractivity contribution is -0.143. The number of rotatable bonds is 2. The lowest BCUT2D eigenvalue weighted by Crippen LogP contribution is -2.11. The predicted octanol–water partition coefficient (Wildman–Crippen LogP) is 2.17. The molecule has 1 atom stereocenters. The van der Waals surface area contributed by atoms with E-state index >= 15 is 0 Å². The maximum absolute atomic E-state index is 12.7. The third-order valence-corrected chi connectivity index (χ3v) is 3.20. The largest absolute Gasteiger partial charge is 0.433 e. The van der Waals surface area contributed by atoms with Gasteiger partial charge in [-0.2, -0.15) is 30.9 Å². The molecule has 0 aliphatic carbocycles. The Bertz CT molecular complexity index is 652. The molecule has 0 radical (unpaired) electrons. The van der Waals surface area contributed by atoms with E-state index in [1.54, 1.807) is 0 Å². The molecule has 1 unspecified atom stereocenters. The molecular weight excluding hydrogens is 299 g/mol. The van der Waals surface area contributed by atoms with Gasteiger partial charge in [0.25, 0.3) is 0 Å². The summed E-state index contributed by atoms with van der Waals surface area (Å²) in [6.07, 6.45) is -2.99. The fourth-order valence-corrected chi connectivity index (χ4v) is 2.21. The van der Waals surface area contributed by atoms with Crippen molar-refractivity contribution in [2.45, 2.75) is 11.6 Å². The summed E-state index contributed by atoms with van der Waals surface area (Å²) in [5.41, 5.74) is 5.22. The quantitative estimate of drug-likeness (QED) is 0.452. The van der Waals surface area contributed by atoms with Crippen molar-refractivity contribution in [2.24, 2.45) is 12.8 Å². The molecule has 2 aromatic heterocycles. The van der Waals surface area contributed by atoms with E-state index in [9.17, 15) is 13.2 Å². The summed E-state index contributed by atoms with van der Waals surface area (Å²) >= 11 is 9.13. The van der Waals surface area contributed by atoms with Crippen LogP contribution >= 0.6 is 24.8 Å². The molecule has 0 saturated carbocycles. The normalized spacial score (nSPS) is 13.8. The standard InChI is InChI=1S/C9H10F3N5S2/c1-16-5(9(10,11)12)2-6(15-16)17-8(19)4(3-14-17)7(13)18/h2-3,7,14,18H,13H2,1H3. The van der Waals surface area contributed by atoms with Crippen LogP contribution in [0.4, 0.5) is 13.2 Å². The number of aromatic amines is 1. The fourth-order valence-electron chi connectivity index (χ4n) is 1.59. The Hall–Kier alpha value is -1.26. The Morgan fingerprint density at radius 1 is 1.53 bits per heavy atom. The highest BCUT2D eigenvalue weighted by molar-refractivity contribution is 7.80. The number of aromatic nitrogens is 4. The maximum atomic E-state index is 12.7. The lowest BCUT2D eigenvalue weighted by Gasteiger charge is -2.04. The van der Waals surface area contributed by atoms with Gasteiger partial charge in [-0.25, -0.2) is 4.68 Å². The molecule has 0 aromatic carbocycles. The van der Waals surface area contributed by atoms with Gasteiger partial charge in [-0.1, -0.05) is 12.2 Å². The molecule has 3 N–H and O–H groups in total. The van der Waals surface area contributed by atoms with E-state index in [1.807, 2.05) is 0 Å². The Balaban J connectivity index is 2.53. The van der Waals surface area contributed by atoms with Gasteiger partial charge in [-0.3, -0.25) is 9.78 Å². The van der Waals surface area contributed by atoms with Crippen LogP contribution in [0.2, 0.25) is 0 Å². The molecule has 0 aliphatic rings.